The van der Waals surface area contributed by atoms with E-state index in [-0.39, 0.29) is 5.24 Å². The van der Waals surface area contributed by atoms with E-state index in [9.17, 15) is 4.79 Å². The highest BCUT2D eigenvalue weighted by Crippen LogP contribution is 2.12. The van der Waals surface area contributed by atoms with E-state index < -0.39 is 0 Å². The summed E-state index contributed by atoms with van der Waals surface area (Å²) in [5.74, 6) is 0.649. The van der Waals surface area contributed by atoms with Crippen LogP contribution in [0.2, 0.25) is 0 Å². The molecule has 0 atom stereocenters. The van der Waals surface area contributed by atoms with E-state index >= 15 is 0 Å². The molecule has 0 spiro atoms. The molecule has 1 N–H and O–H groups in total. The van der Waals surface area contributed by atoms with Crippen molar-refractivity contribution in [1.29, 1.82) is 0 Å². The number of hydrogen-bond donors (Lipinski definition) is 1. The lowest BCUT2D eigenvalue weighted by atomic mass is 10.1. The first-order valence-electron chi connectivity index (χ1n) is 3.91. The van der Waals surface area contributed by atoms with Crippen LogP contribution in [0.3, 0.4) is 0 Å². The first-order valence-corrected chi connectivity index (χ1v) is 4.89. The van der Waals surface area contributed by atoms with E-state index in [0.29, 0.717) is 5.75 Å². The molecule has 3 nitrogen and oxygen atoms in total. The second kappa shape index (κ2) is 3.62. The van der Waals surface area contributed by atoms with Crippen molar-refractivity contribution < 1.29 is 4.79 Å². The third-order valence-electron chi connectivity index (χ3n) is 1.73. The number of thioether (sulfide) groups is 1. The molecule has 2 rings (SSSR count). The van der Waals surface area contributed by atoms with E-state index in [2.05, 4.69) is 10.5 Å². The van der Waals surface area contributed by atoms with Gasteiger partial charge < -0.3 is 0 Å². The summed E-state index contributed by atoms with van der Waals surface area (Å²) >= 11 is 1.24. The fourth-order valence-electron chi connectivity index (χ4n) is 1.09. The third kappa shape index (κ3) is 1.89. The van der Waals surface area contributed by atoms with Gasteiger partial charge >= 0.3 is 0 Å². The number of carbonyl (C=O) groups is 1. The van der Waals surface area contributed by atoms with Crippen LogP contribution in [-0.4, -0.2) is 16.7 Å². The van der Waals surface area contributed by atoms with Crippen LogP contribution >= 0.6 is 11.8 Å². The van der Waals surface area contributed by atoms with Gasteiger partial charge in [-0.2, -0.15) is 5.10 Å². The van der Waals surface area contributed by atoms with Gasteiger partial charge in [0, 0.05) is 5.75 Å². The van der Waals surface area contributed by atoms with Crippen molar-refractivity contribution in [2.75, 3.05) is 5.75 Å². The van der Waals surface area contributed by atoms with Crippen molar-refractivity contribution in [3.8, 4) is 0 Å². The van der Waals surface area contributed by atoms with Gasteiger partial charge in [0.1, 0.15) is 0 Å². The molecule has 0 unspecified atom stereocenters. The highest BCUT2D eigenvalue weighted by molar-refractivity contribution is 8.14. The van der Waals surface area contributed by atoms with Crippen LogP contribution in [0.4, 0.5) is 4.79 Å². The van der Waals surface area contributed by atoms with E-state index in [1.54, 1.807) is 0 Å². The predicted molar refractivity (Wildman–Crippen MR) is 54.0 cm³/mol. The average molecular weight is 192 g/mol. The Morgan fingerprint density at radius 3 is 2.69 bits per heavy atom. The van der Waals surface area contributed by atoms with Gasteiger partial charge in [-0.15, -0.1) is 0 Å². The fourth-order valence-corrected chi connectivity index (χ4v) is 1.70. The van der Waals surface area contributed by atoms with Crippen LogP contribution in [-0.2, 0) is 0 Å². The number of nitrogens with one attached hydrogen (secondary N) is 1. The summed E-state index contributed by atoms with van der Waals surface area (Å²) in [4.78, 5) is 10.8. The molecule has 13 heavy (non-hydrogen) atoms. The SMILES string of the molecule is O=C1NN=C(c2ccccc2)CS1. The molecule has 0 saturated carbocycles. The summed E-state index contributed by atoms with van der Waals surface area (Å²) in [7, 11) is 0. The van der Waals surface area contributed by atoms with E-state index in [1.165, 1.54) is 11.8 Å². The number of nitrogens with zero attached hydrogens (tertiary/aromatic N) is 1. The maximum atomic E-state index is 10.8. The van der Waals surface area contributed by atoms with Crippen LogP contribution in [0.15, 0.2) is 35.4 Å². The molecule has 4 heteroatoms. The van der Waals surface area contributed by atoms with Crippen LogP contribution in [0, 0.1) is 0 Å². The fraction of sp³-hybridized carbons (Fsp3) is 0.111. The quantitative estimate of drug-likeness (QED) is 0.737. The largest absolute Gasteiger partial charge is 0.299 e. The van der Waals surface area contributed by atoms with Gasteiger partial charge in [0.2, 0.25) is 0 Å². The van der Waals surface area contributed by atoms with Crippen molar-refractivity contribution >= 4 is 22.7 Å². The Morgan fingerprint density at radius 1 is 1.31 bits per heavy atom. The minimum atomic E-state index is -0.0836. The molecule has 1 aliphatic rings. The zero-order chi connectivity index (χ0) is 9.10. The number of carbonyl (C=O) groups excluding carboxylic acids is 1. The summed E-state index contributed by atoms with van der Waals surface area (Å²) in [6.07, 6.45) is 0. The molecule has 0 saturated heterocycles. The van der Waals surface area contributed by atoms with Gasteiger partial charge in [0.25, 0.3) is 5.24 Å². The summed E-state index contributed by atoms with van der Waals surface area (Å²) in [6.45, 7) is 0. The standard InChI is InChI=1S/C9H8N2OS/c12-9-11-10-8(6-13-9)7-4-2-1-3-5-7/h1-5H,6H2,(H,11,12). The zero-order valence-electron chi connectivity index (χ0n) is 6.86. The first kappa shape index (κ1) is 8.31. The Kier molecular flexibility index (Phi) is 2.31. The molecule has 0 bridgehead atoms. The van der Waals surface area contributed by atoms with Gasteiger partial charge in [-0.3, -0.25) is 4.79 Å². The Morgan fingerprint density at radius 2 is 2.08 bits per heavy atom. The maximum Gasteiger partial charge on any atom is 0.299 e. The third-order valence-corrected chi connectivity index (χ3v) is 2.50. The maximum absolute atomic E-state index is 10.8. The molecule has 0 fully saturated rings. The van der Waals surface area contributed by atoms with E-state index in [1.807, 2.05) is 30.3 Å². The Hall–Kier alpha value is -1.29. The normalized spacial score (nSPS) is 16.3. The van der Waals surface area contributed by atoms with Crippen molar-refractivity contribution in [3.63, 3.8) is 0 Å². The predicted octanol–water partition coefficient (Wildman–Crippen LogP) is 1.85. The molecule has 1 aliphatic heterocycles. The lowest BCUT2D eigenvalue weighted by molar-refractivity contribution is 0.261. The number of amides is 1. The van der Waals surface area contributed by atoms with Gasteiger partial charge in [-0.05, 0) is 5.56 Å². The highest BCUT2D eigenvalue weighted by Gasteiger charge is 2.12. The molecule has 66 valence electrons. The van der Waals surface area contributed by atoms with Gasteiger partial charge in [-0.25, -0.2) is 5.43 Å². The van der Waals surface area contributed by atoms with Gasteiger partial charge in [-0.1, -0.05) is 42.1 Å². The molecule has 1 aromatic rings. The average Bonchev–Trinajstić information content (AvgIpc) is 2.20. The highest BCUT2D eigenvalue weighted by atomic mass is 32.2. The number of benzene rings is 1. The molecule has 1 aromatic carbocycles. The molecule has 0 aliphatic carbocycles. The minimum Gasteiger partial charge on any atom is -0.260 e. The Bertz CT molecular complexity index is 348. The second-order valence-electron chi connectivity index (χ2n) is 2.61. The van der Waals surface area contributed by atoms with Gasteiger partial charge in [0.15, 0.2) is 0 Å². The lowest BCUT2D eigenvalue weighted by Gasteiger charge is -2.10. The summed E-state index contributed by atoms with van der Waals surface area (Å²) in [6, 6.07) is 9.84. The summed E-state index contributed by atoms with van der Waals surface area (Å²) in [5, 5.41) is 3.89. The Labute approximate surface area is 80.2 Å². The Balaban J connectivity index is 2.23. The van der Waals surface area contributed by atoms with E-state index in [0.717, 1.165) is 11.3 Å². The van der Waals surface area contributed by atoms with Crippen molar-refractivity contribution in [1.82, 2.24) is 5.43 Å². The molecule has 1 heterocycles. The molecule has 1 amide bonds. The monoisotopic (exact) mass is 192 g/mol. The zero-order valence-corrected chi connectivity index (χ0v) is 7.67. The topological polar surface area (TPSA) is 41.5 Å². The first-order chi connectivity index (χ1) is 6.36. The minimum absolute atomic E-state index is 0.0836. The van der Waals surface area contributed by atoms with Crippen LogP contribution in [0.5, 0.6) is 0 Å². The van der Waals surface area contributed by atoms with Crippen molar-refractivity contribution in [2.24, 2.45) is 5.10 Å². The molecule has 0 aromatic heterocycles. The second-order valence-corrected chi connectivity index (χ2v) is 3.56. The number of hydrazone groups is 1. The van der Waals surface area contributed by atoms with Crippen LogP contribution in [0.25, 0.3) is 0 Å². The lowest BCUT2D eigenvalue weighted by Crippen LogP contribution is -2.23. The smallest absolute Gasteiger partial charge is 0.260 e. The van der Waals surface area contributed by atoms with E-state index in [4.69, 9.17) is 0 Å². The van der Waals surface area contributed by atoms with Crippen LogP contribution in [0.1, 0.15) is 5.56 Å². The molecule has 0 radical (unpaired) electrons. The molecular formula is C9H8N2OS. The van der Waals surface area contributed by atoms with Crippen molar-refractivity contribution in [3.05, 3.63) is 35.9 Å². The van der Waals surface area contributed by atoms with Gasteiger partial charge in [0.05, 0.1) is 5.71 Å². The number of hydrogen-bond acceptors (Lipinski definition) is 3. The number of rotatable bonds is 1. The van der Waals surface area contributed by atoms with Crippen molar-refractivity contribution in [2.45, 2.75) is 0 Å². The summed E-state index contributed by atoms with van der Waals surface area (Å²) in [5.41, 5.74) is 4.43. The molecular weight excluding hydrogens is 184 g/mol. The summed E-state index contributed by atoms with van der Waals surface area (Å²) < 4.78 is 0. The van der Waals surface area contributed by atoms with Crippen LogP contribution < -0.4 is 5.43 Å².